The molecule has 0 spiro atoms. The fourth-order valence-electron chi connectivity index (χ4n) is 2.45. The van der Waals surface area contributed by atoms with E-state index in [0.29, 0.717) is 24.2 Å². The fourth-order valence-corrected chi connectivity index (χ4v) is 2.77. The third-order valence-corrected chi connectivity index (χ3v) is 4.08. The molecule has 0 radical (unpaired) electrons. The Bertz CT molecular complexity index is 710. The van der Waals surface area contributed by atoms with Crippen LogP contribution < -0.4 is 4.43 Å². The van der Waals surface area contributed by atoms with E-state index in [1.807, 2.05) is 0 Å². The predicted molar refractivity (Wildman–Crippen MR) is 70.7 cm³/mol. The van der Waals surface area contributed by atoms with E-state index >= 15 is 0 Å². The quantitative estimate of drug-likeness (QED) is 0.698. The monoisotopic (exact) mass is 284 g/mol. The third kappa shape index (κ3) is 1.60. The summed E-state index contributed by atoms with van der Waals surface area (Å²) in [5.41, 5.74) is 1.67. The molecule has 2 aromatic rings. The Balaban J connectivity index is 2.48. The number of hydrogen-bond acceptors (Lipinski definition) is 2. The Morgan fingerprint density at radius 2 is 1.83 bits per heavy atom. The molecule has 0 fully saturated rings. The maximum absolute atomic E-state index is 12.3. The summed E-state index contributed by atoms with van der Waals surface area (Å²) in [6, 6.07) is 2.91. The molecular formula is C12H10Cl2N2O2. The standard InChI is InChI=1S/C12H10Cl2N2O2/c13-7-5-11-12(6-8(7)14)16(18)10-4-2-1-3-9(10)15(11)17/h5-6H,1-4H2. The Hall–Kier alpha value is -1.26. The first-order valence-corrected chi connectivity index (χ1v) is 6.51. The molecule has 0 atom stereocenters. The van der Waals surface area contributed by atoms with Gasteiger partial charge in [-0.15, -0.1) is 0 Å². The largest absolute Gasteiger partial charge is 0.805 e. The lowest BCUT2D eigenvalue weighted by Gasteiger charge is -2.21. The van der Waals surface area contributed by atoms with Crippen LogP contribution in [-0.4, -0.2) is 4.73 Å². The van der Waals surface area contributed by atoms with E-state index in [0.717, 1.165) is 22.0 Å². The first-order valence-electron chi connectivity index (χ1n) is 5.75. The van der Waals surface area contributed by atoms with Crippen molar-refractivity contribution in [3.63, 3.8) is 0 Å². The number of benzene rings is 1. The van der Waals surface area contributed by atoms with Crippen molar-refractivity contribution in [1.29, 1.82) is 0 Å². The zero-order valence-electron chi connectivity index (χ0n) is 9.45. The van der Waals surface area contributed by atoms with E-state index in [9.17, 15) is 10.1 Å². The van der Waals surface area contributed by atoms with Crippen LogP contribution in [0.2, 0.25) is 10.0 Å². The summed E-state index contributed by atoms with van der Waals surface area (Å²) in [6.45, 7) is 0. The van der Waals surface area contributed by atoms with E-state index in [-0.39, 0.29) is 21.1 Å². The molecule has 18 heavy (non-hydrogen) atoms. The molecule has 0 saturated carbocycles. The second kappa shape index (κ2) is 4.14. The number of aromatic nitrogens is 2. The van der Waals surface area contributed by atoms with Gasteiger partial charge in [-0.25, -0.2) is 0 Å². The van der Waals surface area contributed by atoms with Gasteiger partial charge >= 0.3 is 0 Å². The molecule has 0 bridgehead atoms. The zero-order valence-corrected chi connectivity index (χ0v) is 11.0. The Morgan fingerprint density at radius 3 is 2.61 bits per heavy atom. The summed E-state index contributed by atoms with van der Waals surface area (Å²) in [5.74, 6) is 0. The minimum absolute atomic E-state index is 0.278. The number of nitrogens with zero attached hydrogens (tertiary/aromatic N) is 2. The Labute approximate surface area is 113 Å². The van der Waals surface area contributed by atoms with Gasteiger partial charge < -0.3 is 9.94 Å². The van der Waals surface area contributed by atoms with E-state index in [1.165, 1.54) is 12.1 Å². The molecule has 3 rings (SSSR count). The SMILES string of the molecule is O=[n+]1c2c(n([O-])c3cc(Cl)c(Cl)cc31)CCCC2. The van der Waals surface area contributed by atoms with E-state index in [2.05, 4.69) is 0 Å². The van der Waals surface area contributed by atoms with E-state index in [1.54, 1.807) is 0 Å². The van der Waals surface area contributed by atoms with Crippen LogP contribution in [0.5, 0.6) is 0 Å². The molecule has 6 heteroatoms. The molecule has 0 saturated heterocycles. The third-order valence-electron chi connectivity index (χ3n) is 3.36. The van der Waals surface area contributed by atoms with Gasteiger partial charge in [0.2, 0.25) is 0 Å². The molecule has 1 aliphatic rings. The lowest BCUT2D eigenvalue weighted by molar-refractivity contribution is -0.476. The van der Waals surface area contributed by atoms with E-state index in [4.69, 9.17) is 23.2 Å². The van der Waals surface area contributed by atoms with Crippen molar-refractivity contribution in [3.05, 3.63) is 43.7 Å². The maximum Gasteiger partial charge on any atom is 0.287 e. The highest BCUT2D eigenvalue weighted by Crippen LogP contribution is 2.28. The van der Waals surface area contributed by atoms with Gasteiger partial charge in [-0.3, -0.25) is 0 Å². The molecule has 1 aliphatic carbocycles. The van der Waals surface area contributed by atoms with Crippen molar-refractivity contribution in [2.45, 2.75) is 25.7 Å². The van der Waals surface area contributed by atoms with Crippen LogP contribution in [0.25, 0.3) is 11.0 Å². The number of rotatable bonds is 0. The van der Waals surface area contributed by atoms with Crippen molar-refractivity contribution >= 4 is 34.2 Å². The minimum Gasteiger partial charge on any atom is -0.805 e. The van der Waals surface area contributed by atoms with Crippen LogP contribution >= 0.6 is 23.2 Å². The van der Waals surface area contributed by atoms with Crippen molar-refractivity contribution < 1.29 is 4.43 Å². The Kier molecular flexibility index (Phi) is 2.72. The smallest absolute Gasteiger partial charge is 0.287 e. The molecule has 1 aromatic heterocycles. The summed E-state index contributed by atoms with van der Waals surface area (Å²) >= 11 is 11.8. The molecule has 94 valence electrons. The summed E-state index contributed by atoms with van der Waals surface area (Å²) < 4.78 is 1.64. The van der Waals surface area contributed by atoms with Crippen LogP contribution in [-0.2, 0) is 12.8 Å². The summed E-state index contributed by atoms with van der Waals surface area (Å²) in [7, 11) is 0. The van der Waals surface area contributed by atoms with Gasteiger partial charge in [-0.05, 0) is 25.3 Å². The number of halogens is 2. The molecule has 1 aromatic carbocycles. The zero-order chi connectivity index (χ0) is 12.9. The number of hydrogen-bond donors (Lipinski definition) is 0. The van der Waals surface area contributed by atoms with Crippen molar-refractivity contribution in [1.82, 2.24) is 4.73 Å². The summed E-state index contributed by atoms with van der Waals surface area (Å²) in [5, 5.41) is 12.8. The van der Waals surface area contributed by atoms with Crippen molar-refractivity contribution in [2.75, 3.05) is 0 Å². The summed E-state index contributed by atoms with van der Waals surface area (Å²) in [4.78, 5) is 12.3. The normalized spacial score (nSPS) is 14.8. The Morgan fingerprint density at radius 1 is 1.17 bits per heavy atom. The van der Waals surface area contributed by atoms with Gasteiger partial charge in [0.25, 0.3) is 11.2 Å². The van der Waals surface area contributed by atoms with Crippen LogP contribution in [0.4, 0.5) is 0 Å². The highest BCUT2D eigenvalue weighted by molar-refractivity contribution is 6.42. The maximum atomic E-state index is 12.3. The first-order chi connectivity index (χ1) is 8.59. The molecule has 0 amide bonds. The fraction of sp³-hybridized carbons (Fsp3) is 0.333. The average molecular weight is 285 g/mol. The molecule has 0 N–H and O–H groups in total. The first kappa shape index (κ1) is 11.8. The lowest BCUT2D eigenvalue weighted by atomic mass is 10.00. The van der Waals surface area contributed by atoms with Gasteiger partial charge in [0, 0.05) is 17.4 Å². The minimum atomic E-state index is 0.278. The van der Waals surface area contributed by atoms with Gasteiger partial charge in [0.15, 0.2) is 0 Å². The van der Waals surface area contributed by atoms with Gasteiger partial charge in [0.05, 0.1) is 20.2 Å². The topological polar surface area (TPSA) is 51.0 Å². The molecule has 0 aliphatic heterocycles. The lowest BCUT2D eigenvalue weighted by Crippen LogP contribution is -2.30. The van der Waals surface area contributed by atoms with Gasteiger partial charge in [-0.1, -0.05) is 23.2 Å². The number of fused-ring (bicyclic) bond motifs is 2. The highest BCUT2D eigenvalue weighted by atomic mass is 35.5. The molecule has 1 heterocycles. The van der Waals surface area contributed by atoms with E-state index < -0.39 is 0 Å². The van der Waals surface area contributed by atoms with Crippen LogP contribution in [0.3, 0.4) is 0 Å². The average Bonchev–Trinajstić information content (AvgIpc) is 2.38. The van der Waals surface area contributed by atoms with Crippen molar-refractivity contribution in [2.24, 2.45) is 0 Å². The highest BCUT2D eigenvalue weighted by Gasteiger charge is 2.25. The van der Waals surface area contributed by atoms with Gasteiger partial charge in [0.1, 0.15) is 5.52 Å². The molecular weight excluding hydrogens is 275 g/mol. The van der Waals surface area contributed by atoms with Gasteiger partial charge in [-0.2, -0.15) is 0 Å². The van der Waals surface area contributed by atoms with Crippen LogP contribution in [0.15, 0.2) is 12.1 Å². The summed E-state index contributed by atoms with van der Waals surface area (Å²) in [6.07, 6.45) is 3.14. The van der Waals surface area contributed by atoms with Crippen molar-refractivity contribution in [3.8, 4) is 0 Å². The molecule has 0 unspecified atom stereocenters. The second-order valence-corrected chi connectivity index (χ2v) is 5.26. The predicted octanol–water partition coefficient (Wildman–Crippen LogP) is 3.09. The second-order valence-electron chi connectivity index (χ2n) is 4.44. The molecule has 4 nitrogen and oxygen atoms in total. The van der Waals surface area contributed by atoms with Crippen LogP contribution in [0.1, 0.15) is 24.2 Å². The van der Waals surface area contributed by atoms with Crippen LogP contribution in [0, 0.1) is 10.1 Å².